The van der Waals surface area contributed by atoms with Crippen molar-refractivity contribution in [2.45, 2.75) is 26.2 Å². The van der Waals surface area contributed by atoms with Crippen molar-refractivity contribution in [3.05, 3.63) is 17.7 Å². The van der Waals surface area contributed by atoms with Crippen LogP contribution in [0.1, 0.15) is 26.2 Å². The Balaban J connectivity index is 2.50. The molecule has 0 aliphatic carbocycles. The minimum atomic E-state index is -0.326. The van der Waals surface area contributed by atoms with E-state index in [2.05, 4.69) is 6.58 Å². The smallest absolute Gasteiger partial charge is 0.284 e. The second-order valence-electron chi connectivity index (χ2n) is 3.22. The molecule has 1 aliphatic rings. The van der Waals surface area contributed by atoms with Crippen LogP contribution in [0.25, 0.3) is 0 Å². The predicted molar refractivity (Wildman–Crippen MR) is 48.0 cm³/mol. The maximum atomic E-state index is 11.9. The molecule has 0 spiro atoms. The van der Waals surface area contributed by atoms with Crippen molar-refractivity contribution in [3.8, 4) is 0 Å². The van der Waals surface area contributed by atoms with Gasteiger partial charge in [0.15, 0.2) is 0 Å². The van der Waals surface area contributed by atoms with E-state index in [-0.39, 0.29) is 4.65 Å². The third kappa shape index (κ3) is 1.99. The molecule has 1 aliphatic heterocycles. The Morgan fingerprint density at radius 1 is 1.42 bits per heavy atom. The number of hydrogen-bond acceptors (Lipinski definition) is 2. The van der Waals surface area contributed by atoms with Crippen molar-refractivity contribution in [1.29, 1.82) is 0 Å². The highest BCUT2D eigenvalue weighted by Gasteiger charge is 2.25. The first-order valence-corrected chi connectivity index (χ1v) is 4.59. The monoisotopic (exact) mass is 171 g/mol. The number of piperidine rings is 1. The molecule has 0 N–H and O–H groups in total. The van der Waals surface area contributed by atoms with Gasteiger partial charge >= 0.3 is 0 Å². The van der Waals surface area contributed by atoms with Gasteiger partial charge in [-0.15, -0.1) is 0 Å². The van der Waals surface area contributed by atoms with E-state index < -0.39 is 0 Å². The molecule has 1 saturated heterocycles. The number of hydrogen-bond donors (Lipinski definition) is 0. The molecule has 3 nitrogen and oxygen atoms in total. The zero-order valence-electron chi connectivity index (χ0n) is 7.71. The molecule has 0 aromatic rings. The summed E-state index contributed by atoms with van der Waals surface area (Å²) in [5, 5.41) is 11.9. The highest BCUT2D eigenvalue weighted by Crippen LogP contribution is 2.23. The summed E-state index contributed by atoms with van der Waals surface area (Å²) in [4.78, 5) is 0. The van der Waals surface area contributed by atoms with Crippen LogP contribution in [0.5, 0.6) is 0 Å². The van der Waals surface area contributed by atoms with Crippen LogP contribution in [0.4, 0.5) is 0 Å². The van der Waals surface area contributed by atoms with Crippen molar-refractivity contribution < 1.29 is 9.38 Å². The van der Waals surface area contributed by atoms with E-state index in [1.807, 2.05) is 6.92 Å². The Labute approximate surface area is 73.8 Å². The fourth-order valence-electron chi connectivity index (χ4n) is 1.56. The zero-order valence-corrected chi connectivity index (χ0v) is 7.71. The first-order valence-electron chi connectivity index (χ1n) is 4.59. The molecule has 0 bridgehead atoms. The standard InChI is InChI=1S/C9H17NO2/c1-3-12-9(2)10(11)7-5-4-6-8-10/h2-8H2,1H3. The molecule has 12 heavy (non-hydrogen) atoms. The fourth-order valence-corrected chi connectivity index (χ4v) is 1.56. The van der Waals surface area contributed by atoms with Crippen molar-refractivity contribution in [2.24, 2.45) is 0 Å². The van der Waals surface area contributed by atoms with Gasteiger partial charge in [0.05, 0.1) is 19.7 Å². The number of rotatable bonds is 3. The van der Waals surface area contributed by atoms with Gasteiger partial charge in [0.1, 0.15) is 0 Å². The van der Waals surface area contributed by atoms with Crippen LogP contribution in [0.2, 0.25) is 0 Å². The average Bonchev–Trinajstić information content (AvgIpc) is 2.06. The lowest BCUT2D eigenvalue weighted by atomic mass is 10.1. The summed E-state index contributed by atoms with van der Waals surface area (Å²) < 4.78 is 4.82. The molecule has 1 heterocycles. The van der Waals surface area contributed by atoms with Crippen LogP contribution >= 0.6 is 0 Å². The Hall–Kier alpha value is -0.540. The number of quaternary nitrogens is 1. The highest BCUT2D eigenvalue weighted by atomic mass is 16.6. The van der Waals surface area contributed by atoms with Crippen molar-refractivity contribution in [3.63, 3.8) is 0 Å². The van der Waals surface area contributed by atoms with E-state index in [9.17, 15) is 5.21 Å². The molecular weight excluding hydrogens is 154 g/mol. The van der Waals surface area contributed by atoms with Crippen LogP contribution in [0.3, 0.4) is 0 Å². The molecule has 0 aromatic heterocycles. The van der Waals surface area contributed by atoms with E-state index in [4.69, 9.17) is 4.74 Å². The first-order chi connectivity index (χ1) is 5.69. The molecule has 1 fully saturated rings. The predicted octanol–water partition coefficient (Wildman–Crippen LogP) is 1.99. The van der Waals surface area contributed by atoms with E-state index in [1.54, 1.807) is 0 Å². The number of hydroxylamine groups is 3. The van der Waals surface area contributed by atoms with Crippen LogP contribution in [-0.4, -0.2) is 24.3 Å². The van der Waals surface area contributed by atoms with Crippen LogP contribution in [0.15, 0.2) is 12.5 Å². The minimum absolute atomic E-state index is 0.326. The summed E-state index contributed by atoms with van der Waals surface area (Å²) in [6, 6.07) is 0. The topological polar surface area (TPSA) is 32.3 Å². The van der Waals surface area contributed by atoms with E-state index in [1.165, 1.54) is 6.42 Å². The van der Waals surface area contributed by atoms with Gasteiger partial charge in [-0.25, -0.2) is 0 Å². The lowest BCUT2D eigenvalue weighted by molar-refractivity contribution is -0.863. The van der Waals surface area contributed by atoms with E-state index in [0.717, 1.165) is 12.8 Å². The Bertz CT molecular complexity index is 162. The Kier molecular flexibility index (Phi) is 3.12. The second kappa shape index (κ2) is 3.92. The Morgan fingerprint density at radius 3 is 2.50 bits per heavy atom. The largest absolute Gasteiger partial charge is 0.625 e. The van der Waals surface area contributed by atoms with E-state index >= 15 is 0 Å². The summed E-state index contributed by atoms with van der Waals surface area (Å²) in [5.41, 5.74) is 0. The molecule has 70 valence electrons. The summed E-state index contributed by atoms with van der Waals surface area (Å²) in [6.45, 7) is 7.37. The normalized spacial score (nSPS) is 21.8. The molecule has 0 saturated carbocycles. The highest BCUT2D eigenvalue weighted by molar-refractivity contribution is 4.74. The van der Waals surface area contributed by atoms with Crippen molar-refractivity contribution >= 4 is 0 Å². The van der Waals surface area contributed by atoms with Crippen LogP contribution in [-0.2, 0) is 4.74 Å². The Morgan fingerprint density at radius 2 is 2.00 bits per heavy atom. The van der Waals surface area contributed by atoms with E-state index in [0.29, 0.717) is 25.6 Å². The molecule has 0 atom stereocenters. The summed E-state index contributed by atoms with van der Waals surface area (Å²) in [6.07, 6.45) is 3.16. The fraction of sp³-hybridized carbons (Fsp3) is 0.778. The molecule has 0 radical (unpaired) electrons. The maximum absolute atomic E-state index is 11.9. The van der Waals surface area contributed by atoms with Gasteiger partial charge in [-0.3, -0.25) is 4.65 Å². The average molecular weight is 171 g/mol. The minimum Gasteiger partial charge on any atom is -0.625 e. The molecule has 3 heteroatoms. The third-order valence-corrected chi connectivity index (χ3v) is 2.30. The van der Waals surface area contributed by atoms with Crippen LogP contribution < -0.4 is 0 Å². The quantitative estimate of drug-likeness (QED) is 0.369. The van der Waals surface area contributed by atoms with Gasteiger partial charge < -0.3 is 9.94 Å². The third-order valence-electron chi connectivity index (χ3n) is 2.30. The SMILES string of the molecule is C=C(OCC)[N+]1([O-])CCCCC1. The van der Waals surface area contributed by atoms with Gasteiger partial charge in [-0.05, 0) is 26.2 Å². The second-order valence-corrected chi connectivity index (χ2v) is 3.22. The van der Waals surface area contributed by atoms with Crippen LogP contribution in [0, 0.1) is 5.21 Å². The van der Waals surface area contributed by atoms with Crippen molar-refractivity contribution in [2.75, 3.05) is 19.7 Å². The lowest BCUT2D eigenvalue weighted by Crippen LogP contribution is -2.45. The van der Waals surface area contributed by atoms with Gasteiger partial charge in [0, 0.05) is 6.58 Å². The summed E-state index contributed by atoms with van der Waals surface area (Å²) in [7, 11) is 0. The number of likely N-dealkylation sites (tertiary alicyclic amines) is 1. The summed E-state index contributed by atoms with van der Waals surface area (Å²) in [5.74, 6) is 0.386. The molecule has 0 aromatic carbocycles. The van der Waals surface area contributed by atoms with Gasteiger partial charge in [-0.2, -0.15) is 0 Å². The van der Waals surface area contributed by atoms with Gasteiger partial charge in [-0.1, -0.05) is 0 Å². The molecule has 0 amide bonds. The molecule has 1 rings (SSSR count). The number of nitrogens with zero attached hydrogens (tertiary/aromatic N) is 1. The zero-order chi connectivity index (χ0) is 9.03. The molecule has 0 unspecified atom stereocenters. The number of ether oxygens (including phenoxy) is 1. The van der Waals surface area contributed by atoms with Gasteiger partial charge in [0.2, 0.25) is 0 Å². The lowest BCUT2D eigenvalue weighted by Gasteiger charge is -2.44. The van der Waals surface area contributed by atoms with Crippen molar-refractivity contribution in [1.82, 2.24) is 0 Å². The summed E-state index contributed by atoms with van der Waals surface area (Å²) >= 11 is 0. The van der Waals surface area contributed by atoms with Gasteiger partial charge in [0.25, 0.3) is 5.88 Å². The first kappa shape index (κ1) is 9.55. The molecular formula is C9H17NO2. The maximum Gasteiger partial charge on any atom is 0.284 e.